The number of benzene rings is 2. The second-order valence-electron chi connectivity index (χ2n) is 4.30. The molecule has 0 bridgehead atoms. The number of aliphatic imine (C=N–C) groups is 1. The summed E-state index contributed by atoms with van der Waals surface area (Å²) in [5, 5.41) is 4.13. The van der Waals surface area contributed by atoms with Gasteiger partial charge in [0.2, 0.25) is 0 Å². The number of quaternary nitrogens is 2. The molecule has 0 aromatic heterocycles. The summed E-state index contributed by atoms with van der Waals surface area (Å²) < 4.78 is 12.8. The summed E-state index contributed by atoms with van der Waals surface area (Å²) in [6.07, 6.45) is 1.81. The van der Waals surface area contributed by atoms with Crippen molar-refractivity contribution in [3.05, 3.63) is 53.8 Å². The van der Waals surface area contributed by atoms with Gasteiger partial charge in [-0.25, -0.2) is 4.39 Å². The minimum Gasteiger partial charge on any atom is -1.00 e. The Balaban J connectivity index is 0.000001000. The van der Waals surface area contributed by atoms with E-state index >= 15 is 0 Å². The number of nitrogens with two attached hydrogens (primary N) is 2. The topological polar surface area (TPSA) is 45.6 Å². The van der Waals surface area contributed by atoms with E-state index in [4.69, 9.17) is 0 Å². The Morgan fingerprint density at radius 3 is 2.55 bits per heavy atom. The van der Waals surface area contributed by atoms with Crippen LogP contribution in [0.5, 0.6) is 0 Å². The third-order valence-electron chi connectivity index (χ3n) is 3.01. The standard InChI is InChI=1S/C14H12FN3.2ClH/c15-11-3-1-10(2-4-11)8-16-12-5-6-13-14(7-12)18-9-17-13;;/h1-7,9,16H,8H2,(H,17,18);2*1H. The van der Waals surface area contributed by atoms with E-state index in [9.17, 15) is 4.39 Å². The third kappa shape index (κ3) is 3.77. The summed E-state index contributed by atoms with van der Waals surface area (Å²) in [6, 6.07) is 12.8. The molecule has 6 heteroatoms. The van der Waals surface area contributed by atoms with Gasteiger partial charge in [0.05, 0.1) is 0 Å². The lowest BCUT2D eigenvalue weighted by Crippen LogP contribution is -3.00. The largest absolute Gasteiger partial charge is 1.00 e. The Morgan fingerprint density at radius 2 is 1.80 bits per heavy atom. The lowest BCUT2D eigenvalue weighted by molar-refractivity contribution is -0.588. The van der Waals surface area contributed by atoms with Crippen molar-refractivity contribution in [1.82, 2.24) is 0 Å². The van der Waals surface area contributed by atoms with Crippen molar-refractivity contribution in [2.45, 2.75) is 6.54 Å². The molecular weight excluding hydrogens is 300 g/mol. The van der Waals surface area contributed by atoms with Crippen molar-refractivity contribution in [2.75, 3.05) is 0 Å². The molecule has 2 aromatic carbocycles. The van der Waals surface area contributed by atoms with Gasteiger partial charge in [0, 0.05) is 23.8 Å². The maximum atomic E-state index is 12.8. The summed E-state index contributed by atoms with van der Waals surface area (Å²) in [5.74, 6) is -0.193. The van der Waals surface area contributed by atoms with Gasteiger partial charge in [-0.05, 0) is 12.1 Å². The van der Waals surface area contributed by atoms with Crippen LogP contribution in [0.15, 0.2) is 47.5 Å². The molecule has 3 nitrogen and oxygen atoms in total. The Kier molecular flexibility index (Phi) is 6.10. The van der Waals surface area contributed by atoms with E-state index < -0.39 is 0 Å². The monoisotopic (exact) mass is 313 g/mol. The van der Waals surface area contributed by atoms with Crippen molar-refractivity contribution in [3.63, 3.8) is 0 Å². The van der Waals surface area contributed by atoms with Crippen LogP contribution in [0.3, 0.4) is 0 Å². The van der Waals surface area contributed by atoms with Gasteiger partial charge in [0.1, 0.15) is 23.7 Å². The average Bonchev–Trinajstić information content (AvgIpc) is 2.85. The lowest BCUT2D eigenvalue weighted by Gasteiger charge is -2.02. The van der Waals surface area contributed by atoms with Crippen LogP contribution >= 0.6 is 0 Å². The predicted molar refractivity (Wildman–Crippen MR) is 67.9 cm³/mol. The molecule has 0 spiro atoms. The van der Waals surface area contributed by atoms with Crippen LogP contribution in [0.2, 0.25) is 0 Å². The van der Waals surface area contributed by atoms with Crippen molar-refractivity contribution < 1.29 is 39.8 Å². The van der Waals surface area contributed by atoms with Crippen LogP contribution in [0.25, 0.3) is 0 Å². The maximum absolute atomic E-state index is 12.8. The van der Waals surface area contributed by atoms with Crippen LogP contribution in [0.1, 0.15) is 5.56 Å². The van der Waals surface area contributed by atoms with Gasteiger partial charge in [0.25, 0.3) is 0 Å². The fourth-order valence-electron chi connectivity index (χ4n) is 1.99. The zero-order valence-corrected chi connectivity index (χ0v) is 12.1. The van der Waals surface area contributed by atoms with Gasteiger partial charge >= 0.3 is 0 Å². The van der Waals surface area contributed by atoms with E-state index in [1.54, 1.807) is 0 Å². The molecule has 106 valence electrons. The first-order valence-corrected chi connectivity index (χ1v) is 5.90. The second-order valence-corrected chi connectivity index (χ2v) is 4.30. The molecule has 0 amide bonds. The Morgan fingerprint density at radius 1 is 1.05 bits per heavy atom. The Labute approximate surface area is 129 Å². The first-order valence-electron chi connectivity index (χ1n) is 5.90. The predicted octanol–water partition coefficient (Wildman–Crippen LogP) is -4.90. The Bertz CT molecular complexity index is 600. The molecule has 4 N–H and O–H groups in total. The molecule has 1 aliphatic rings. The first-order chi connectivity index (χ1) is 8.81. The van der Waals surface area contributed by atoms with Crippen molar-refractivity contribution >= 4 is 23.4 Å². The van der Waals surface area contributed by atoms with Crippen molar-refractivity contribution in [2.24, 2.45) is 4.99 Å². The van der Waals surface area contributed by atoms with Gasteiger partial charge in [-0.1, -0.05) is 12.1 Å². The second kappa shape index (κ2) is 7.36. The molecule has 0 saturated carbocycles. The smallest absolute Gasteiger partial charge is 0.192 e. The van der Waals surface area contributed by atoms with Gasteiger partial charge in [-0.15, -0.1) is 0 Å². The molecule has 0 aliphatic carbocycles. The quantitative estimate of drug-likeness (QED) is 0.534. The molecule has 0 saturated heterocycles. The number of hydrogen-bond acceptors (Lipinski definition) is 1. The fourth-order valence-corrected chi connectivity index (χ4v) is 1.99. The van der Waals surface area contributed by atoms with Crippen LogP contribution in [-0.2, 0) is 6.54 Å². The number of hydrogen-bond donors (Lipinski definition) is 2. The number of fused-ring (bicyclic) bond motifs is 1. The zero-order chi connectivity index (χ0) is 12.4. The van der Waals surface area contributed by atoms with Gasteiger partial charge < -0.3 is 30.1 Å². The lowest BCUT2D eigenvalue weighted by atomic mass is 10.2. The van der Waals surface area contributed by atoms with Crippen LogP contribution in [-0.4, -0.2) is 6.34 Å². The molecule has 0 fully saturated rings. The zero-order valence-electron chi connectivity index (χ0n) is 10.6. The highest BCUT2D eigenvalue weighted by atomic mass is 35.5. The molecule has 3 rings (SSSR count). The van der Waals surface area contributed by atoms with Crippen molar-refractivity contribution in [3.8, 4) is 0 Å². The molecule has 0 unspecified atom stereocenters. The maximum Gasteiger partial charge on any atom is 0.192 e. The molecule has 2 aromatic rings. The van der Waals surface area contributed by atoms with Gasteiger partial charge in [-0.2, -0.15) is 4.99 Å². The summed E-state index contributed by atoms with van der Waals surface area (Å²) in [7, 11) is 0. The van der Waals surface area contributed by atoms with Crippen LogP contribution in [0, 0.1) is 5.82 Å². The molecule has 0 atom stereocenters. The molecule has 1 aliphatic heterocycles. The fraction of sp³-hybridized carbons (Fsp3) is 0.0714. The van der Waals surface area contributed by atoms with Crippen LogP contribution in [0.4, 0.5) is 21.5 Å². The number of halogens is 3. The molecule has 0 radical (unpaired) electrons. The minimum atomic E-state index is -0.193. The summed E-state index contributed by atoms with van der Waals surface area (Å²) in [5.41, 5.74) is 4.43. The van der Waals surface area contributed by atoms with E-state index in [0.717, 1.165) is 29.2 Å². The summed E-state index contributed by atoms with van der Waals surface area (Å²) in [6.45, 7) is 0.798. The SMILES string of the molecule is Fc1ccc(C[NH2+]c2ccc3c(c2)N=C[NH2+]3)cc1.[Cl-].[Cl-]. The molecular formula is C14H14Cl2FN3. The van der Waals surface area contributed by atoms with E-state index in [0.29, 0.717) is 0 Å². The Hall–Kier alpha value is -1.46. The number of rotatable bonds is 3. The van der Waals surface area contributed by atoms with Gasteiger partial charge in [0.15, 0.2) is 12.0 Å². The summed E-state index contributed by atoms with van der Waals surface area (Å²) >= 11 is 0. The van der Waals surface area contributed by atoms with E-state index in [-0.39, 0.29) is 30.6 Å². The normalized spacial score (nSPS) is 11.4. The minimum absolute atomic E-state index is 0. The molecule has 1 heterocycles. The van der Waals surface area contributed by atoms with Crippen molar-refractivity contribution in [1.29, 1.82) is 0 Å². The number of nitrogens with zero attached hydrogens (tertiary/aromatic N) is 1. The average molecular weight is 314 g/mol. The first kappa shape index (κ1) is 16.6. The summed E-state index contributed by atoms with van der Waals surface area (Å²) in [4.78, 5) is 4.28. The highest BCUT2D eigenvalue weighted by molar-refractivity contribution is 5.72. The van der Waals surface area contributed by atoms with E-state index in [2.05, 4.69) is 28.5 Å². The highest BCUT2D eigenvalue weighted by Gasteiger charge is 2.12. The van der Waals surface area contributed by atoms with E-state index in [1.165, 1.54) is 12.1 Å². The molecule has 20 heavy (non-hydrogen) atoms. The van der Waals surface area contributed by atoms with Crippen LogP contribution < -0.4 is 35.4 Å². The van der Waals surface area contributed by atoms with E-state index in [1.807, 2.05) is 23.8 Å². The third-order valence-corrected chi connectivity index (χ3v) is 3.01. The highest BCUT2D eigenvalue weighted by Crippen LogP contribution is 2.24. The van der Waals surface area contributed by atoms with Gasteiger partial charge in [-0.3, -0.25) is 5.32 Å².